The first-order valence-corrected chi connectivity index (χ1v) is 7.29. The average molecular weight is 254 g/mol. The first-order chi connectivity index (χ1) is 8.15. The molecule has 0 fully saturated rings. The van der Waals surface area contributed by atoms with Gasteiger partial charge in [-0.25, -0.2) is 9.97 Å². The van der Waals surface area contributed by atoms with Crippen molar-refractivity contribution in [2.75, 3.05) is 30.0 Å². The van der Waals surface area contributed by atoms with Crippen LogP contribution in [0.4, 0.5) is 11.6 Å². The Labute approximate surface area is 108 Å². The van der Waals surface area contributed by atoms with Crippen molar-refractivity contribution in [3.63, 3.8) is 0 Å². The van der Waals surface area contributed by atoms with Crippen LogP contribution in [0, 0.1) is 5.92 Å². The van der Waals surface area contributed by atoms with Gasteiger partial charge in [-0.1, -0.05) is 32.5 Å². The number of hydrogen-bond acceptors (Lipinski definition) is 5. The standard InChI is InChI=1S/C12H22N4S/c1-5-6-13-10-7-11(14-8-9(2)3)16-12(15-10)17-4/h7,9H,5-6,8H2,1-4H3,(H2,13,14,15,16). The molecule has 0 radical (unpaired) electrons. The van der Waals surface area contributed by atoms with E-state index in [4.69, 9.17) is 0 Å². The van der Waals surface area contributed by atoms with Crippen LogP contribution in [-0.2, 0) is 0 Å². The first-order valence-electron chi connectivity index (χ1n) is 6.06. The summed E-state index contributed by atoms with van der Waals surface area (Å²) in [5, 5.41) is 7.43. The van der Waals surface area contributed by atoms with E-state index in [-0.39, 0.29) is 0 Å². The van der Waals surface area contributed by atoms with Gasteiger partial charge in [-0.15, -0.1) is 0 Å². The second-order valence-corrected chi connectivity index (χ2v) is 5.10. The molecule has 1 heterocycles. The molecule has 0 atom stereocenters. The lowest BCUT2D eigenvalue weighted by molar-refractivity contribution is 0.685. The lowest BCUT2D eigenvalue weighted by Gasteiger charge is -2.11. The summed E-state index contributed by atoms with van der Waals surface area (Å²) in [5.74, 6) is 2.41. The second-order valence-electron chi connectivity index (χ2n) is 4.33. The number of nitrogens with zero attached hydrogens (tertiary/aromatic N) is 2. The molecule has 2 N–H and O–H groups in total. The van der Waals surface area contributed by atoms with Crippen molar-refractivity contribution in [2.45, 2.75) is 32.3 Å². The van der Waals surface area contributed by atoms with E-state index in [0.29, 0.717) is 5.92 Å². The molecule has 0 saturated heterocycles. The number of aromatic nitrogens is 2. The summed E-state index contributed by atoms with van der Waals surface area (Å²) in [6.07, 6.45) is 3.08. The Bertz CT molecular complexity index is 341. The van der Waals surface area contributed by atoms with Crippen molar-refractivity contribution in [1.29, 1.82) is 0 Å². The lowest BCUT2D eigenvalue weighted by atomic mass is 10.2. The van der Waals surface area contributed by atoms with Gasteiger partial charge in [-0.2, -0.15) is 0 Å². The molecular weight excluding hydrogens is 232 g/mol. The van der Waals surface area contributed by atoms with Gasteiger partial charge in [-0.05, 0) is 18.6 Å². The molecule has 1 rings (SSSR count). The Balaban J connectivity index is 2.73. The summed E-state index contributed by atoms with van der Waals surface area (Å²) < 4.78 is 0. The number of rotatable bonds is 7. The maximum Gasteiger partial charge on any atom is 0.191 e. The van der Waals surface area contributed by atoms with Crippen LogP contribution < -0.4 is 10.6 Å². The highest BCUT2D eigenvalue weighted by Crippen LogP contribution is 2.17. The topological polar surface area (TPSA) is 49.8 Å². The highest BCUT2D eigenvalue weighted by molar-refractivity contribution is 7.98. The maximum absolute atomic E-state index is 4.43. The van der Waals surface area contributed by atoms with Gasteiger partial charge in [0.2, 0.25) is 0 Å². The van der Waals surface area contributed by atoms with E-state index in [0.717, 1.165) is 36.3 Å². The molecule has 17 heavy (non-hydrogen) atoms. The highest BCUT2D eigenvalue weighted by atomic mass is 32.2. The van der Waals surface area contributed by atoms with Gasteiger partial charge in [0, 0.05) is 19.2 Å². The summed E-state index contributed by atoms with van der Waals surface area (Å²) >= 11 is 1.56. The monoisotopic (exact) mass is 254 g/mol. The third-order valence-electron chi connectivity index (χ3n) is 2.14. The smallest absolute Gasteiger partial charge is 0.191 e. The number of anilines is 2. The summed E-state index contributed by atoms with van der Waals surface area (Å²) in [4.78, 5) is 8.85. The molecule has 1 aromatic heterocycles. The summed E-state index contributed by atoms with van der Waals surface area (Å²) in [6, 6.07) is 1.97. The molecule has 0 spiro atoms. The fourth-order valence-electron chi connectivity index (χ4n) is 1.26. The van der Waals surface area contributed by atoms with Gasteiger partial charge in [-0.3, -0.25) is 0 Å². The van der Waals surface area contributed by atoms with Crippen molar-refractivity contribution in [2.24, 2.45) is 5.92 Å². The van der Waals surface area contributed by atoms with Crippen LogP contribution in [0.25, 0.3) is 0 Å². The largest absolute Gasteiger partial charge is 0.370 e. The van der Waals surface area contributed by atoms with E-state index in [1.165, 1.54) is 0 Å². The quantitative estimate of drug-likeness (QED) is 0.578. The maximum atomic E-state index is 4.43. The first kappa shape index (κ1) is 14.1. The molecule has 0 unspecified atom stereocenters. The molecular formula is C12H22N4S. The number of nitrogens with one attached hydrogen (secondary N) is 2. The van der Waals surface area contributed by atoms with Crippen LogP contribution in [-0.4, -0.2) is 29.3 Å². The van der Waals surface area contributed by atoms with Crippen LogP contribution in [0.2, 0.25) is 0 Å². The molecule has 0 amide bonds. The molecule has 0 bridgehead atoms. The summed E-state index contributed by atoms with van der Waals surface area (Å²) in [6.45, 7) is 8.37. The van der Waals surface area contributed by atoms with E-state index in [2.05, 4.69) is 41.4 Å². The molecule has 0 aliphatic rings. The molecule has 0 aromatic carbocycles. The van der Waals surface area contributed by atoms with Crippen LogP contribution in [0.3, 0.4) is 0 Å². The predicted molar refractivity (Wildman–Crippen MR) is 75.9 cm³/mol. The van der Waals surface area contributed by atoms with Gasteiger partial charge in [0.05, 0.1) is 0 Å². The molecule has 0 aliphatic carbocycles. The number of thioether (sulfide) groups is 1. The minimum atomic E-state index is 0.606. The molecule has 5 heteroatoms. The van der Waals surface area contributed by atoms with Crippen molar-refractivity contribution in [3.05, 3.63) is 6.07 Å². The van der Waals surface area contributed by atoms with Crippen LogP contribution in [0.15, 0.2) is 11.2 Å². The van der Waals surface area contributed by atoms with Crippen molar-refractivity contribution >= 4 is 23.4 Å². The average Bonchev–Trinajstić information content (AvgIpc) is 2.33. The fourth-order valence-corrected chi connectivity index (χ4v) is 1.64. The molecule has 1 aromatic rings. The zero-order valence-corrected chi connectivity index (χ0v) is 11.9. The van der Waals surface area contributed by atoms with Gasteiger partial charge >= 0.3 is 0 Å². The Morgan fingerprint density at radius 2 is 1.88 bits per heavy atom. The van der Waals surface area contributed by atoms with E-state index in [1.54, 1.807) is 11.8 Å². The van der Waals surface area contributed by atoms with E-state index < -0.39 is 0 Å². The van der Waals surface area contributed by atoms with Crippen LogP contribution in [0.1, 0.15) is 27.2 Å². The Kier molecular flexibility index (Phi) is 6.11. The van der Waals surface area contributed by atoms with Crippen molar-refractivity contribution in [3.8, 4) is 0 Å². The summed E-state index contributed by atoms with van der Waals surface area (Å²) in [5.41, 5.74) is 0. The second kappa shape index (κ2) is 7.37. The third-order valence-corrected chi connectivity index (χ3v) is 2.68. The molecule has 4 nitrogen and oxygen atoms in total. The van der Waals surface area contributed by atoms with E-state index >= 15 is 0 Å². The fraction of sp³-hybridized carbons (Fsp3) is 0.667. The van der Waals surface area contributed by atoms with Gasteiger partial charge in [0.15, 0.2) is 5.16 Å². The minimum absolute atomic E-state index is 0.606. The minimum Gasteiger partial charge on any atom is -0.370 e. The van der Waals surface area contributed by atoms with Gasteiger partial charge in [0.1, 0.15) is 11.6 Å². The molecule has 96 valence electrons. The highest BCUT2D eigenvalue weighted by Gasteiger charge is 2.04. The van der Waals surface area contributed by atoms with Crippen molar-refractivity contribution in [1.82, 2.24) is 9.97 Å². The lowest BCUT2D eigenvalue weighted by Crippen LogP contribution is -2.11. The van der Waals surface area contributed by atoms with Gasteiger partial charge < -0.3 is 10.6 Å². The molecule has 0 saturated carbocycles. The Hall–Kier alpha value is -0.970. The van der Waals surface area contributed by atoms with Crippen molar-refractivity contribution < 1.29 is 0 Å². The molecule has 0 aliphatic heterocycles. The van der Waals surface area contributed by atoms with Crippen LogP contribution >= 0.6 is 11.8 Å². The normalized spacial score (nSPS) is 10.6. The van der Waals surface area contributed by atoms with Gasteiger partial charge in [0.25, 0.3) is 0 Å². The van der Waals surface area contributed by atoms with E-state index in [1.807, 2.05) is 12.3 Å². The third kappa shape index (κ3) is 5.26. The zero-order valence-electron chi connectivity index (χ0n) is 11.1. The predicted octanol–water partition coefficient (Wildman–Crippen LogP) is 3.09. The Morgan fingerprint density at radius 3 is 2.41 bits per heavy atom. The van der Waals surface area contributed by atoms with Crippen LogP contribution in [0.5, 0.6) is 0 Å². The van der Waals surface area contributed by atoms with E-state index in [9.17, 15) is 0 Å². The Morgan fingerprint density at radius 1 is 1.24 bits per heavy atom. The number of hydrogen-bond donors (Lipinski definition) is 2. The zero-order chi connectivity index (χ0) is 12.7. The summed E-state index contributed by atoms with van der Waals surface area (Å²) in [7, 11) is 0. The SMILES string of the molecule is CCCNc1cc(NCC(C)C)nc(SC)n1.